The first kappa shape index (κ1) is 18.4. The van der Waals surface area contributed by atoms with Crippen LogP contribution in [0.4, 0.5) is 0 Å². The molecule has 5 rings (SSSR count). The van der Waals surface area contributed by atoms with Gasteiger partial charge in [-0.1, -0.05) is 25.5 Å². The Labute approximate surface area is 167 Å². The van der Waals surface area contributed by atoms with E-state index in [9.17, 15) is 9.90 Å². The summed E-state index contributed by atoms with van der Waals surface area (Å²) in [6, 6.07) is 3.93. The third kappa shape index (κ3) is 2.55. The van der Waals surface area contributed by atoms with Crippen molar-refractivity contribution in [1.29, 1.82) is 0 Å². The van der Waals surface area contributed by atoms with Gasteiger partial charge in [0.1, 0.15) is 11.5 Å². The summed E-state index contributed by atoms with van der Waals surface area (Å²) < 4.78 is 5.72. The van der Waals surface area contributed by atoms with Crippen molar-refractivity contribution >= 4 is 11.9 Å². The molecule has 3 saturated carbocycles. The first-order valence-corrected chi connectivity index (χ1v) is 11.0. The zero-order chi connectivity index (χ0) is 19.7. The molecule has 0 spiro atoms. The van der Waals surface area contributed by atoms with E-state index in [1.165, 1.54) is 5.57 Å². The van der Waals surface area contributed by atoms with Crippen LogP contribution >= 0.6 is 0 Å². The van der Waals surface area contributed by atoms with Gasteiger partial charge in [-0.05, 0) is 98.8 Å². The molecular weight excluding hydrogens is 348 g/mol. The van der Waals surface area contributed by atoms with E-state index in [-0.39, 0.29) is 16.9 Å². The minimum Gasteiger partial charge on any atom is -0.462 e. The Bertz CT molecular complexity index is 874. The number of aryl methyl sites for hydroxylation is 1. The van der Waals surface area contributed by atoms with E-state index < -0.39 is 0 Å². The highest BCUT2D eigenvalue weighted by Gasteiger charge is 2.59. The second-order valence-corrected chi connectivity index (χ2v) is 10.3. The van der Waals surface area contributed by atoms with Crippen molar-refractivity contribution in [2.24, 2.45) is 28.6 Å². The van der Waals surface area contributed by atoms with Crippen LogP contribution in [0.3, 0.4) is 0 Å². The van der Waals surface area contributed by atoms with Crippen molar-refractivity contribution in [1.82, 2.24) is 0 Å². The molecule has 1 heterocycles. The molecule has 0 aliphatic heterocycles. The minimum absolute atomic E-state index is 0.163. The molecule has 0 radical (unpaired) electrons. The van der Waals surface area contributed by atoms with E-state index in [1.54, 1.807) is 0 Å². The number of aliphatic hydroxyl groups is 1. The lowest BCUT2D eigenvalue weighted by molar-refractivity contribution is -0.130. The van der Waals surface area contributed by atoms with E-state index in [4.69, 9.17) is 4.42 Å². The number of carbonyl (C=O) groups excluding carboxylic acids is 1. The quantitative estimate of drug-likeness (QED) is 0.519. The van der Waals surface area contributed by atoms with Crippen molar-refractivity contribution in [2.45, 2.75) is 71.8 Å². The summed E-state index contributed by atoms with van der Waals surface area (Å²) in [4.78, 5) is 13.4. The molecule has 0 saturated heterocycles. The lowest BCUT2D eigenvalue weighted by Crippen LogP contribution is -2.50. The Morgan fingerprint density at radius 2 is 1.89 bits per heavy atom. The number of hydrogen-bond acceptors (Lipinski definition) is 3. The monoisotopic (exact) mass is 380 g/mol. The van der Waals surface area contributed by atoms with Gasteiger partial charge < -0.3 is 9.52 Å². The molecule has 1 aromatic heterocycles. The summed E-state index contributed by atoms with van der Waals surface area (Å²) in [5.41, 5.74) is 2.45. The normalized spacial score (nSPS) is 44.1. The van der Waals surface area contributed by atoms with E-state index in [1.807, 2.05) is 25.1 Å². The lowest BCUT2D eigenvalue weighted by Gasteiger charge is -2.56. The molecule has 3 fully saturated rings. The molecule has 0 aromatic carbocycles. The number of Topliss-reactive ketones (excluding diaryl/α,β-unsaturated/α-hetero) is 1. The van der Waals surface area contributed by atoms with Crippen LogP contribution in [-0.4, -0.2) is 17.0 Å². The van der Waals surface area contributed by atoms with Crippen molar-refractivity contribution in [3.63, 3.8) is 0 Å². The van der Waals surface area contributed by atoms with Gasteiger partial charge in [0.25, 0.3) is 0 Å². The maximum Gasteiger partial charge on any atom is 0.165 e. The molecule has 0 amide bonds. The number of carbonyl (C=O) groups is 1. The van der Waals surface area contributed by atoms with Crippen LogP contribution in [0.15, 0.2) is 33.8 Å². The summed E-state index contributed by atoms with van der Waals surface area (Å²) in [6.45, 7) is 6.60. The number of furan rings is 1. The first-order chi connectivity index (χ1) is 13.3. The van der Waals surface area contributed by atoms with Gasteiger partial charge in [0.2, 0.25) is 0 Å². The van der Waals surface area contributed by atoms with Gasteiger partial charge >= 0.3 is 0 Å². The minimum atomic E-state index is -0.218. The molecule has 4 aliphatic rings. The summed E-state index contributed by atoms with van der Waals surface area (Å²) in [5, 5.41) is 10.2. The maximum absolute atomic E-state index is 13.4. The van der Waals surface area contributed by atoms with Gasteiger partial charge in [-0.3, -0.25) is 4.79 Å². The fraction of sp³-hybridized carbons (Fsp3) is 0.640. The van der Waals surface area contributed by atoms with Gasteiger partial charge in [-0.15, -0.1) is 0 Å². The average molecular weight is 381 g/mol. The summed E-state index contributed by atoms with van der Waals surface area (Å²) in [7, 11) is 0. The second kappa shape index (κ2) is 6.19. The van der Waals surface area contributed by atoms with Crippen LogP contribution in [-0.2, 0) is 4.79 Å². The first-order valence-electron chi connectivity index (χ1n) is 11.0. The summed E-state index contributed by atoms with van der Waals surface area (Å²) >= 11 is 0. The Morgan fingerprint density at radius 3 is 2.64 bits per heavy atom. The topological polar surface area (TPSA) is 50.4 Å². The number of hydrogen-bond donors (Lipinski definition) is 1. The largest absolute Gasteiger partial charge is 0.462 e. The fourth-order valence-corrected chi connectivity index (χ4v) is 7.14. The molecule has 150 valence electrons. The van der Waals surface area contributed by atoms with Gasteiger partial charge in [-0.2, -0.15) is 0 Å². The zero-order valence-electron chi connectivity index (χ0n) is 17.3. The lowest BCUT2D eigenvalue weighted by atomic mass is 9.48. The van der Waals surface area contributed by atoms with E-state index >= 15 is 0 Å². The molecule has 3 heteroatoms. The van der Waals surface area contributed by atoms with Crippen LogP contribution in [0.1, 0.15) is 70.3 Å². The van der Waals surface area contributed by atoms with Crippen molar-refractivity contribution in [3.05, 3.63) is 40.9 Å². The molecule has 28 heavy (non-hydrogen) atoms. The van der Waals surface area contributed by atoms with Gasteiger partial charge in [0.05, 0.1) is 6.10 Å². The van der Waals surface area contributed by atoms with Gasteiger partial charge in [0, 0.05) is 5.41 Å². The standard InChI is InChI=1S/C25H32O3/c1-15-4-6-19(28-15)12-16-13-22-20-7-5-17-14-18(26)8-10-24(17,2)21(20)9-11-25(22,3)23(16)27/h4-6,12,18,20-22,26H,7-11,13-14H2,1-3H3/b16-12+/t18-,20+,21-,22-,24-,25-/m0/s1. The molecule has 6 atom stereocenters. The molecule has 1 N–H and O–H groups in total. The molecule has 0 unspecified atom stereocenters. The summed E-state index contributed by atoms with van der Waals surface area (Å²) in [5.74, 6) is 3.70. The summed E-state index contributed by atoms with van der Waals surface area (Å²) in [6.07, 6.45) is 11.2. The van der Waals surface area contributed by atoms with Crippen LogP contribution < -0.4 is 0 Å². The SMILES string of the molecule is Cc1ccc(/C=C2\C[C@H]3[C@@H]4CC=C5C[C@@H](O)CC[C@]5(C)[C@H]4CC[C@]3(C)C2=O)o1. The molecule has 1 aromatic rings. The predicted octanol–water partition coefficient (Wildman–Crippen LogP) is 5.47. The third-order valence-corrected chi connectivity index (χ3v) is 8.80. The van der Waals surface area contributed by atoms with E-state index in [2.05, 4.69) is 19.9 Å². The zero-order valence-corrected chi connectivity index (χ0v) is 17.3. The van der Waals surface area contributed by atoms with Crippen molar-refractivity contribution < 1.29 is 14.3 Å². The predicted molar refractivity (Wildman–Crippen MR) is 110 cm³/mol. The highest BCUT2D eigenvalue weighted by molar-refractivity contribution is 6.05. The molecular formula is C25H32O3. The van der Waals surface area contributed by atoms with Crippen LogP contribution in [0, 0.1) is 35.5 Å². The Balaban J connectivity index is 1.48. The van der Waals surface area contributed by atoms with Crippen LogP contribution in [0.2, 0.25) is 0 Å². The van der Waals surface area contributed by atoms with E-state index in [0.29, 0.717) is 23.5 Å². The Hall–Kier alpha value is -1.61. The van der Waals surface area contributed by atoms with Gasteiger partial charge in [-0.25, -0.2) is 0 Å². The van der Waals surface area contributed by atoms with E-state index in [0.717, 1.165) is 62.0 Å². The molecule has 4 aliphatic carbocycles. The average Bonchev–Trinajstić information content (AvgIpc) is 3.18. The van der Waals surface area contributed by atoms with Crippen LogP contribution in [0.5, 0.6) is 0 Å². The third-order valence-electron chi connectivity index (χ3n) is 8.80. The maximum atomic E-state index is 13.4. The Morgan fingerprint density at radius 1 is 1.11 bits per heavy atom. The Kier molecular flexibility index (Phi) is 4.07. The smallest absolute Gasteiger partial charge is 0.165 e. The number of ketones is 1. The number of fused-ring (bicyclic) bond motifs is 5. The molecule has 0 bridgehead atoms. The second-order valence-electron chi connectivity index (χ2n) is 10.3. The molecule has 3 nitrogen and oxygen atoms in total. The van der Waals surface area contributed by atoms with Gasteiger partial charge in [0.15, 0.2) is 5.78 Å². The fourth-order valence-electron chi connectivity index (χ4n) is 7.14. The van der Waals surface area contributed by atoms with Crippen molar-refractivity contribution in [2.75, 3.05) is 0 Å². The number of aliphatic hydroxyl groups excluding tert-OH is 1. The number of rotatable bonds is 1. The number of allylic oxidation sites excluding steroid dienone is 2. The highest BCUT2D eigenvalue weighted by Crippen LogP contribution is 2.64. The highest BCUT2D eigenvalue weighted by atomic mass is 16.3. The van der Waals surface area contributed by atoms with Crippen molar-refractivity contribution in [3.8, 4) is 0 Å². The van der Waals surface area contributed by atoms with Crippen LogP contribution in [0.25, 0.3) is 6.08 Å².